The van der Waals surface area contributed by atoms with E-state index in [1.54, 1.807) is 0 Å². The standard InChI is InChI=1S/C23H22N2/c1-17-13-15-21(16-14-17)25-23(20-11-7-4-8-12-20)18(2)22(24)19-9-5-3-6-10-19/h3-16H,24H2,1-2H3/b22-18+,25-23?. The van der Waals surface area contributed by atoms with Gasteiger partial charge in [-0.2, -0.15) is 0 Å². The van der Waals surface area contributed by atoms with E-state index in [9.17, 15) is 0 Å². The fourth-order valence-corrected chi connectivity index (χ4v) is 2.67. The SMILES string of the molecule is C/C(C(=Nc1ccc(C)cc1)c1ccccc1)=C(\N)c1ccccc1. The molecule has 0 spiro atoms. The van der Waals surface area contributed by atoms with Gasteiger partial charge in [-0.25, -0.2) is 4.99 Å². The van der Waals surface area contributed by atoms with Gasteiger partial charge in [0, 0.05) is 11.3 Å². The van der Waals surface area contributed by atoms with Gasteiger partial charge < -0.3 is 5.73 Å². The highest BCUT2D eigenvalue weighted by Crippen LogP contribution is 2.22. The normalized spacial score (nSPS) is 12.6. The van der Waals surface area contributed by atoms with Crippen LogP contribution in [0.1, 0.15) is 23.6 Å². The van der Waals surface area contributed by atoms with E-state index in [4.69, 9.17) is 10.7 Å². The molecule has 2 nitrogen and oxygen atoms in total. The van der Waals surface area contributed by atoms with Crippen molar-refractivity contribution in [2.75, 3.05) is 0 Å². The lowest BCUT2D eigenvalue weighted by molar-refractivity contribution is 1.39. The molecule has 3 aromatic carbocycles. The number of hydrogen-bond donors (Lipinski definition) is 1. The summed E-state index contributed by atoms with van der Waals surface area (Å²) in [6, 6.07) is 28.4. The monoisotopic (exact) mass is 326 g/mol. The maximum absolute atomic E-state index is 6.45. The summed E-state index contributed by atoms with van der Waals surface area (Å²) >= 11 is 0. The molecule has 0 aliphatic heterocycles. The van der Waals surface area contributed by atoms with Crippen LogP contribution >= 0.6 is 0 Å². The third-order valence-electron chi connectivity index (χ3n) is 4.17. The number of benzene rings is 3. The first-order chi connectivity index (χ1) is 12.1. The molecule has 2 N–H and O–H groups in total. The Morgan fingerprint density at radius 1 is 0.720 bits per heavy atom. The van der Waals surface area contributed by atoms with E-state index in [2.05, 4.69) is 31.2 Å². The largest absolute Gasteiger partial charge is 0.398 e. The van der Waals surface area contributed by atoms with Crippen molar-refractivity contribution in [3.05, 3.63) is 107 Å². The molecule has 0 saturated carbocycles. The summed E-state index contributed by atoms with van der Waals surface area (Å²) in [7, 11) is 0. The minimum absolute atomic E-state index is 0.746. The molecule has 0 aliphatic carbocycles. The summed E-state index contributed by atoms with van der Waals surface area (Å²) in [6.45, 7) is 4.10. The van der Waals surface area contributed by atoms with Crippen molar-refractivity contribution < 1.29 is 0 Å². The van der Waals surface area contributed by atoms with Crippen LogP contribution in [0.4, 0.5) is 5.69 Å². The molecule has 0 radical (unpaired) electrons. The Kier molecular flexibility index (Phi) is 5.10. The molecule has 0 aliphatic rings. The lowest BCUT2D eigenvalue weighted by atomic mass is 9.98. The van der Waals surface area contributed by atoms with Gasteiger partial charge in [-0.15, -0.1) is 0 Å². The van der Waals surface area contributed by atoms with E-state index in [-0.39, 0.29) is 0 Å². The molecule has 0 unspecified atom stereocenters. The van der Waals surface area contributed by atoms with Crippen LogP contribution in [0.3, 0.4) is 0 Å². The Morgan fingerprint density at radius 3 is 1.80 bits per heavy atom. The van der Waals surface area contributed by atoms with Crippen LogP contribution in [0.2, 0.25) is 0 Å². The van der Waals surface area contributed by atoms with Crippen molar-refractivity contribution in [2.24, 2.45) is 10.7 Å². The van der Waals surface area contributed by atoms with Gasteiger partial charge >= 0.3 is 0 Å². The quantitative estimate of drug-likeness (QED) is 0.631. The van der Waals surface area contributed by atoms with Crippen molar-refractivity contribution in [3.8, 4) is 0 Å². The number of aliphatic imine (C=N–C) groups is 1. The van der Waals surface area contributed by atoms with Gasteiger partial charge in [0.15, 0.2) is 0 Å². The van der Waals surface area contributed by atoms with Crippen molar-refractivity contribution in [1.29, 1.82) is 0 Å². The van der Waals surface area contributed by atoms with Crippen molar-refractivity contribution in [1.82, 2.24) is 0 Å². The van der Waals surface area contributed by atoms with Crippen LogP contribution < -0.4 is 5.73 Å². The predicted molar refractivity (Wildman–Crippen MR) is 107 cm³/mol. The van der Waals surface area contributed by atoms with Crippen molar-refractivity contribution >= 4 is 17.1 Å². The number of aryl methyl sites for hydroxylation is 1. The summed E-state index contributed by atoms with van der Waals surface area (Å²) in [5, 5.41) is 0. The van der Waals surface area contributed by atoms with Gasteiger partial charge in [0.05, 0.1) is 11.4 Å². The summed E-state index contributed by atoms with van der Waals surface area (Å²) < 4.78 is 0. The topological polar surface area (TPSA) is 38.4 Å². The molecule has 25 heavy (non-hydrogen) atoms. The Balaban J connectivity index is 2.13. The highest BCUT2D eigenvalue weighted by atomic mass is 14.8. The predicted octanol–water partition coefficient (Wildman–Crippen LogP) is 5.51. The molecule has 0 saturated heterocycles. The number of hydrogen-bond acceptors (Lipinski definition) is 2. The first kappa shape index (κ1) is 16.7. The molecule has 124 valence electrons. The molecular weight excluding hydrogens is 304 g/mol. The van der Waals surface area contributed by atoms with Gasteiger partial charge in [-0.1, -0.05) is 78.4 Å². The maximum atomic E-state index is 6.45. The van der Waals surface area contributed by atoms with Crippen molar-refractivity contribution in [2.45, 2.75) is 13.8 Å². The highest BCUT2D eigenvalue weighted by molar-refractivity contribution is 6.16. The third-order valence-corrected chi connectivity index (χ3v) is 4.17. The highest BCUT2D eigenvalue weighted by Gasteiger charge is 2.11. The van der Waals surface area contributed by atoms with Crippen molar-refractivity contribution in [3.63, 3.8) is 0 Å². The lowest BCUT2D eigenvalue weighted by Gasteiger charge is -2.12. The van der Waals surface area contributed by atoms with Crippen LogP contribution in [0.25, 0.3) is 5.70 Å². The second-order valence-corrected chi connectivity index (χ2v) is 6.07. The van der Waals surface area contributed by atoms with Gasteiger partial charge in [-0.05, 0) is 37.1 Å². The van der Waals surface area contributed by atoms with E-state index >= 15 is 0 Å². The van der Waals surface area contributed by atoms with E-state index < -0.39 is 0 Å². The second kappa shape index (κ2) is 7.63. The zero-order valence-corrected chi connectivity index (χ0v) is 14.6. The van der Waals surface area contributed by atoms with Crippen LogP contribution in [0.15, 0.2) is 95.5 Å². The summed E-state index contributed by atoms with van der Waals surface area (Å²) in [5.41, 5.74) is 13.3. The molecule has 3 aromatic rings. The minimum Gasteiger partial charge on any atom is -0.398 e. The smallest absolute Gasteiger partial charge is 0.0759 e. The van der Waals surface area contributed by atoms with Crippen LogP contribution in [-0.2, 0) is 0 Å². The number of nitrogens with zero attached hydrogens (tertiary/aromatic N) is 1. The fourth-order valence-electron chi connectivity index (χ4n) is 2.67. The van der Waals surface area contributed by atoms with E-state index in [1.807, 2.05) is 67.6 Å². The molecule has 3 rings (SSSR count). The second-order valence-electron chi connectivity index (χ2n) is 6.07. The van der Waals surface area contributed by atoms with E-state index in [0.717, 1.165) is 33.8 Å². The first-order valence-corrected chi connectivity index (χ1v) is 8.38. The average Bonchev–Trinajstić information content (AvgIpc) is 2.68. The number of nitrogens with two attached hydrogens (primary N) is 1. The van der Waals surface area contributed by atoms with Crippen LogP contribution in [0.5, 0.6) is 0 Å². The first-order valence-electron chi connectivity index (χ1n) is 8.38. The number of rotatable bonds is 4. The lowest BCUT2D eigenvalue weighted by Crippen LogP contribution is -2.09. The van der Waals surface area contributed by atoms with Gasteiger partial charge in [-0.3, -0.25) is 0 Å². The maximum Gasteiger partial charge on any atom is 0.0759 e. The summed E-state index contributed by atoms with van der Waals surface area (Å²) in [5.74, 6) is 0. The Labute approximate surface area is 149 Å². The fraction of sp³-hybridized carbons (Fsp3) is 0.0870. The summed E-state index contributed by atoms with van der Waals surface area (Å²) in [6.07, 6.45) is 0. The molecular formula is C23H22N2. The van der Waals surface area contributed by atoms with Gasteiger partial charge in [0.25, 0.3) is 0 Å². The summed E-state index contributed by atoms with van der Waals surface area (Å²) in [4.78, 5) is 4.90. The van der Waals surface area contributed by atoms with Crippen LogP contribution in [0, 0.1) is 6.92 Å². The molecule has 0 atom stereocenters. The molecule has 0 fully saturated rings. The third kappa shape index (κ3) is 4.04. The van der Waals surface area contributed by atoms with E-state index in [1.165, 1.54) is 5.56 Å². The minimum atomic E-state index is 0.746. The van der Waals surface area contributed by atoms with Crippen LogP contribution in [-0.4, -0.2) is 5.71 Å². The van der Waals surface area contributed by atoms with Gasteiger partial charge in [0.2, 0.25) is 0 Å². The Morgan fingerprint density at radius 2 is 1.24 bits per heavy atom. The van der Waals surface area contributed by atoms with E-state index in [0.29, 0.717) is 0 Å². The molecule has 0 heterocycles. The molecule has 2 heteroatoms. The molecule has 0 aromatic heterocycles. The number of allylic oxidation sites excluding steroid dienone is 1. The van der Waals surface area contributed by atoms with Gasteiger partial charge in [0.1, 0.15) is 0 Å². The zero-order chi connectivity index (χ0) is 17.6. The Bertz CT molecular complexity index is 890. The molecule has 0 amide bonds. The zero-order valence-electron chi connectivity index (χ0n) is 14.6. The average molecular weight is 326 g/mol. The molecule has 0 bridgehead atoms. The Hall–Kier alpha value is -3.13.